The summed E-state index contributed by atoms with van der Waals surface area (Å²) in [5.41, 5.74) is 2.21. The van der Waals surface area contributed by atoms with Gasteiger partial charge in [-0.15, -0.1) is 16.4 Å². The maximum absolute atomic E-state index is 14.4. The molecule has 1 saturated heterocycles. The smallest absolute Gasteiger partial charge is 0.328 e. The maximum atomic E-state index is 14.4. The molecule has 61 heavy (non-hydrogen) atoms. The maximum Gasteiger partial charge on any atom is 0.328 e. The molecule has 0 spiro atoms. The molecule has 3 aliphatic rings. The van der Waals surface area contributed by atoms with Crippen molar-refractivity contribution in [1.29, 1.82) is 0 Å². The van der Waals surface area contributed by atoms with E-state index in [1.807, 2.05) is 43.5 Å². The van der Waals surface area contributed by atoms with Gasteiger partial charge in [0, 0.05) is 30.5 Å². The molecule has 5 atom stereocenters. The molecule has 16 nitrogen and oxygen atoms in total. The number of fused-ring (bicyclic) bond motifs is 15. The van der Waals surface area contributed by atoms with Crippen LogP contribution < -0.4 is 25.4 Å². The number of nitrogens with one attached hydrogen (secondary N) is 3. The number of benzene rings is 3. The van der Waals surface area contributed by atoms with Crippen molar-refractivity contribution in [2.24, 2.45) is 5.92 Å². The Hall–Kier alpha value is -6.33. The molecule has 5 heterocycles. The Morgan fingerprint density at radius 2 is 1.72 bits per heavy atom. The highest BCUT2D eigenvalue weighted by Gasteiger charge is 2.43. The fourth-order valence-corrected chi connectivity index (χ4v) is 8.57. The van der Waals surface area contributed by atoms with Gasteiger partial charge in [-0.2, -0.15) is 0 Å². The van der Waals surface area contributed by atoms with Crippen molar-refractivity contribution in [3.05, 3.63) is 107 Å². The van der Waals surface area contributed by atoms with E-state index in [1.54, 1.807) is 59.4 Å². The Labute approximate surface area is 356 Å². The summed E-state index contributed by atoms with van der Waals surface area (Å²) in [5.74, 6) is -2.33. The van der Waals surface area contributed by atoms with Gasteiger partial charge in [0.2, 0.25) is 17.7 Å². The molecule has 0 radical (unpaired) electrons. The van der Waals surface area contributed by atoms with E-state index in [2.05, 4.69) is 26.3 Å². The van der Waals surface area contributed by atoms with Crippen molar-refractivity contribution in [2.75, 3.05) is 20.3 Å². The predicted molar refractivity (Wildman–Crippen MR) is 225 cm³/mol. The number of nitrogens with zero attached hydrogens (tertiary/aromatic N) is 4. The van der Waals surface area contributed by atoms with E-state index >= 15 is 0 Å². The third-order valence-corrected chi connectivity index (χ3v) is 11.7. The van der Waals surface area contributed by atoms with Gasteiger partial charge in [0.05, 0.1) is 31.5 Å². The van der Waals surface area contributed by atoms with E-state index in [4.69, 9.17) is 14.2 Å². The lowest BCUT2D eigenvalue weighted by molar-refractivity contribution is -0.145. The van der Waals surface area contributed by atoms with Crippen LogP contribution in [-0.4, -0.2) is 105 Å². The second-order valence-corrected chi connectivity index (χ2v) is 16.5. The minimum atomic E-state index is -1.20. The van der Waals surface area contributed by atoms with Crippen molar-refractivity contribution in [2.45, 2.75) is 83.0 Å². The number of methoxy groups -OCH3 is 1. The van der Waals surface area contributed by atoms with E-state index in [0.717, 1.165) is 15.6 Å². The molecular weight excluding hydrogens is 803 g/mol. The van der Waals surface area contributed by atoms with Gasteiger partial charge in [0.1, 0.15) is 54.6 Å². The Morgan fingerprint density at radius 1 is 0.951 bits per heavy atom. The molecule has 3 aromatic carbocycles. The van der Waals surface area contributed by atoms with Gasteiger partial charge in [-0.3, -0.25) is 19.2 Å². The number of aliphatic hydroxyl groups is 1. The molecule has 1 fully saturated rings. The number of para-hydroxylation sites is 1. The lowest BCUT2D eigenvalue weighted by atomic mass is 10.0. The van der Waals surface area contributed by atoms with Crippen LogP contribution >= 0.6 is 11.3 Å². The summed E-state index contributed by atoms with van der Waals surface area (Å²) in [5, 5.41) is 30.6. The fraction of sp³-hybridized carbons (Fsp3) is 0.386. The first-order chi connectivity index (χ1) is 29.4. The Bertz CT molecular complexity index is 2360. The Balaban J connectivity index is 1.21. The number of esters is 1. The molecule has 0 saturated carbocycles. The van der Waals surface area contributed by atoms with Gasteiger partial charge < -0.3 is 40.2 Å². The van der Waals surface area contributed by atoms with Crippen LogP contribution in [0.15, 0.2) is 84.4 Å². The van der Waals surface area contributed by atoms with E-state index in [0.29, 0.717) is 23.6 Å². The normalized spacial score (nSPS) is 22.0. The van der Waals surface area contributed by atoms with Gasteiger partial charge in [-0.05, 0) is 64.6 Å². The van der Waals surface area contributed by atoms with Crippen LogP contribution in [0.1, 0.15) is 53.9 Å². The van der Waals surface area contributed by atoms with Gasteiger partial charge in [0.15, 0.2) is 0 Å². The summed E-state index contributed by atoms with van der Waals surface area (Å²) in [7, 11) is 1.23. The van der Waals surface area contributed by atoms with Gasteiger partial charge >= 0.3 is 5.97 Å². The van der Waals surface area contributed by atoms with Crippen LogP contribution in [0.5, 0.6) is 11.5 Å². The predicted octanol–water partition coefficient (Wildman–Crippen LogP) is 3.20. The third kappa shape index (κ3) is 10.5. The SMILES string of the molecule is COC(=O)[C@H]1Cc2ccc(cc2)OCCn2cc(nn2)COc2ccccc2C(=O)N[C@H](CC(C)C)C(=O)N2C[C@@H](O)C[C@@H]2C(=O)N[C@@H](Cc2csc3ccccc23)C(=O)N1. The highest BCUT2D eigenvalue weighted by atomic mass is 32.1. The van der Waals surface area contributed by atoms with Crippen molar-refractivity contribution < 1.29 is 43.3 Å². The Morgan fingerprint density at radius 3 is 2.51 bits per heavy atom. The van der Waals surface area contributed by atoms with Crippen LogP contribution in [0.3, 0.4) is 0 Å². The van der Waals surface area contributed by atoms with Crippen LogP contribution in [0.25, 0.3) is 10.1 Å². The molecule has 4 bridgehead atoms. The summed E-state index contributed by atoms with van der Waals surface area (Å²) >= 11 is 1.50. The first kappa shape index (κ1) is 42.8. The molecule has 5 aromatic rings. The largest absolute Gasteiger partial charge is 0.492 e. The second kappa shape index (κ2) is 19.4. The summed E-state index contributed by atoms with van der Waals surface area (Å²) in [4.78, 5) is 71.5. The Kier molecular flexibility index (Phi) is 13.6. The number of rotatable bonds is 5. The minimum Gasteiger partial charge on any atom is -0.492 e. The number of aromatic nitrogens is 3. The molecule has 17 heteroatoms. The highest BCUT2D eigenvalue weighted by molar-refractivity contribution is 7.17. The molecule has 4 N–H and O–H groups in total. The molecule has 0 aliphatic carbocycles. The molecule has 4 amide bonds. The van der Waals surface area contributed by atoms with E-state index in [-0.39, 0.29) is 62.7 Å². The number of amides is 4. The average molecular weight is 852 g/mol. The number of carbonyl (C=O) groups excluding carboxylic acids is 5. The number of thiophene rings is 1. The summed E-state index contributed by atoms with van der Waals surface area (Å²) < 4.78 is 19.7. The van der Waals surface area contributed by atoms with Crippen molar-refractivity contribution in [3.63, 3.8) is 0 Å². The zero-order valence-electron chi connectivity index (χ0n) is 34.1. The van der Waals surface area contributed by atoms with E-state index < -0.39 is 59.9 Å². The number of carbonyl (C=O) groups is 5. The molecule has 320 valence electrons. The number of ether oxygens (including phenoxy) is 3. The lowest BCUT2D eigenvalue weighted by Gasteiger charge is -2.30. The quantitative estimate of drug-likeness (QED) is 0.189. The molecule has 0 unspecified atom stereocenters. The van der Waals surface area contributed by atoms with Crippen LogP contribution in [0.4, 0.5) is 0 Å². The molecule has 3 aliphatic heterocycles. The minimum absolute atomic E-state index is 0.0109. The second-order valence-electron chi connectivity index (χ2n) is 15.6. The van der Waals surface area contributed by atoms with Gasteiger partial charge in [-0.1, -0.05) is 61.5 Å². The van der Waals surface area contributed by atoms with Crippen LogP contribution in [0, 0.1) is 5.92 Å². The number of hydrogen-bond acceptors (Lipinski definition) is 12. The average Bonchev–Trinajstić information content (AvgIpc) is 4.00. The van der Waals surface area contributed by atoms with Crippen molar-refractivity contribution >= 4 is 51.0 Å². The van der Waals surface area contributed by atoms with Crippen molar-refractivity contribution in [1.82, 2.24) is 35.8 Å². The highest BCUT2D eigenvalue weighted by Crippen LogP contribution is 2.28. The van der Waals surface area contributed by atoms with Gasteiger partial charge in [-0.25, -0.2) is 9.48 Å². The standard InChI is InChI=1S/C44H49N7O9S/c1-26(2)18-35-43(56)51-23-30(52)21-37(51)42(55)45-34(20-28-25-61-39-11-7-5-8-32(28)39)41(54)47-36(44(57)58-3)19-27-12-14-31(15-13-27)59-17-16-50-22-29(48-49-50)24-60-38-10-6-4-9-33(38)40(53)46-35/h4-15,22,25-26,30,34-37,52H,16-21,23-24H2,1-3H3,(H,45,55)(H,46,53)(H,47,54)/t30-,34-,35+,36+,37+/m0/s1. The number of hydrogen-bond donors (Lipinski definition) is 4. The van der Waals surface area contributed by atoms with Crippen LogP contribution in [-0.2, 0) is 49.9 Å². The summed E-state index contributed by atoms with van der Waals surface area (Å²) in [6.45, 7) is 4.31. The molecule has 8 rings (SSSR count). The zero-order valence-corrected chi connectivity index (χ0v) is 34.9. The topological polar surface area (TPSA) is 203 Å². The summed E-state index contributed by atoms with van der Waals surface area (Å²) in [6.07, 6.45) is 0.944. The van der Waals surface area contributed by atoms with Crippen LogP contribution in [0.2, 0.25) is 0 Å². The number of aliphatic hydroxyl groups excluding tert-OH is 1. The van der Waals surface area contributed by atoms with Gasteiger partial charge in [0.25, 0.3) is 5.91 Å². The van der Waals surface area contributed by atoms with E-state index in [9.17, 15) is 29.1 Å². The summed E-state index contributed by atoms with van der Waals surface area (Å²) in [6, 6.07) is 16.9. The monoisotopic (exact) mass is 851 g/mol. The fourth-order valence-electron chi connectivity index (χ4n) is 7.59. The van der Waals surface area contributed by atoms with Crippen molar-refractivity contribution in [3.8, 4) is 11.5 Å². The molecular formula is C44H49N7O9S. The molecule has 2 aromatic heterocycles. The third-order valence-electron chi connectivity index (χ3n) is 10.6. The first-order valence-electron chi connectivity index (χ1n) is 20.2. The zero-order chi connectivity index (χ0) is 43.0. The van der Waals surface area contributed by atoms with E-state index in [1.165, 1.54) is 23.3 Å². The lowest BCUT2D eigenvalue weighted by Crippen LogP contribution is -2.58. The first-order valence-corrected chi connectivity index (χ1v) is 21.1.